The van der Waals surface area contributed by atoms with E-state index in [-0.39, 0.29) is 46.3 Å². The third-order valence-corrected chi connectivity index (χ3v) is 10.5. The summed E-state index contributed by atoms with van der Waals surface area (Å²) in [7, 11) is 3.93. The highest BCUT2D eigenvalue weighted by molar-refractivity contribution is 7.93. The van der Waals surface area contributed by atoms with Crippen LogP contribution in [0.15, 0.2) is 59.5 Å². The zero-order valence-electron chi connectivity index (χ0n) is 28.0. The first kappa shape index (κ1) is 37.2. The number of nitrogens with zero attached hydrogens (tertiary/aromatic N) is 4. The number of amides is 2. The monoisotopic (exact) mass is 740 g/mol. The number of hydrogen-bond acceptors (Lipinski definition) is 10. The summed E-state index contributed by atoms with van der Waals surface area (Å²) in [5.41, 5.74) is -1.67. The van der Waals surface area contributed by atoms with E-state index in [0.29, 0.717) is 16.4 Å². The molecule has 3 aromatic carbocycles. The summed E-state index contributed by atoms with van der Waals surface area (Å²) >= 11 is 6.54. The summed E-state index contributed by atoms with van der Waals surface area (Å²) < 4.78 is 85.6. The number of aliphatic hydroxyl groups is 1. The second-order valence-electron chi connectivity index (χ2n) is 12.4. The third kappa shape index (κ3) is 6.46. The molecule has 2 heterocycles. The van der Waals surface area contributed by atoms with Crippen LogP contribution in [0.1, 0.15) is 23.1 Å². The minimum absolute atomic E-state index is 0.00339. The highest BCUT2D eigenvalue weighted by Gasteiger charge is 2.64. The number of fused-ring (bicyclic) bond motifs is 1. The van der Waals surface area contributed by atoms with Crippen molar-refractivity contribution in [3.8, 4) is 17.2 Å². The number of likely N-dealkylation sites (tertiary alicyclic amines) is 1. The fourth-order valence-corrected chi connectivity index (χ4v) is 8.36. The standard InChI is InChI=1S/C33H36ClF3N4O8S/c1-38(2)17-19-7-11-27(48-6)24(13-19)32(40-18-21(42)15-26(40)30(43)39(3)4)23-14-20(34)8-10-25(23)41(31(32)44)50(45,46)29-12-9-22(47-5)16-28(29)49-33(35,36)37/h7-14,16,21,26,42H,15,17-18H2,1-6H3/t21-,26+,32?/m1/s1. The molecule has 270 valence electrons. The third-order valence-electron chi connectivity index (χ3n) is 8.54. The van der Waals surface area contributed by atoms with Gasteiger partial charge in [-0.2, -0.15) is 0 Å². The normalized spacial score (nSPS) is 21.0. The number of sulfonamides is 1. The van der Waals surface area contributed by atoms with E-state index in [2.05, 4.69) is 4.74 Å². The maximum atomic E-state index is 15.5. The highest BCUT2D eigenvalue weighted by atomic mass is 35.5. The van der Waals surface area contributed by atoms with Crippen LogP contribution < -0.4 is 18.5 Å². The molecule has 0 saturated carbocycles. The second-order valence-corrected chi connectivity index (χ2v) is 14.6. The Labute approximate surface area is 292 Å². The van der Waals surface area contributed by atoms with Gasteiger partial charge in [0.05, 0.1) is 32.1 Å². The molecule has 2 aliphatic rings. The van der Waals surface area contributed by atoms with Gasteiger partial charge in [0.1, 0.15) is 16.4 Å². The van der Waals surface area contributed by atoms with Crippen LogP contribution in [-0.2, 0) is 31.7 Å². The minimum Gasteiger partial charge on any atom is -0.497 e. The van der Waals surface area contributed by atoms with Crippen LogP contribution in [0.3, 0.4) is 0 Å². The number of carbonyl (C=O) groups excluding carboxylic acids is 2. The number of methoxy groups -OCH3 is 2. The molecule has 5 rings (SSSR count). The van der Waals surface area contributed by atoms with Crippen LogP contribution in [-0.4, -0.2) is 108 Å². The van der Waals surface area contributed by atoms with Gasteiger partial charge in [0.25, 0.3) is 15.9 Å². The number of likely N-dealkylation sites (N-methyl/N-ethyl adjacent to an activating group) is 1. The van der Waals surface area contributed by atoms with E-state index in [1.54, 1.807) is 18.2 Å². The average Bonchev–Trinajstić information content (AvgIpc) is 3.53. The Balaban J connectivity index is 1.89. The number of hydrogen-bond donors (Lipinski definition) is 1. The smallest absolute Gasteiger partial charge is 0.497 e. The SMILES string of the molecule is COc1ccc(S(=O)(=O)N2C(=O)C(c3cc(CN(C)C)ccc3OC)(N3C[C@H](O)C[C@H]3C(=O)N(C)C)c3cc(Cl)ccc32)c(OC(F)(F)F)c1. The van der Waals surface area contributed by atoms with Gasteiger partial charge in [-0.1, -0.05) is 17.7 Å². The van der Waals surface area contributed by atoms with Crippen LogP contribution in [0.2, 0.25) is 5.02 Å². The van der Waals surface area contributed by atoms with Crippen LogP contribution in [0.4, 0.5) is 18.9 Å². The fourth-order valence-electron chi connectivity index (χ4n) is 6.63. The van der Waals surface area contributed by atoms with E-state index in [4.69, 9.17) is 21.1 Å². The molecule has 1 saturated heterocycles. The van der Waals surface area contributed by atoms with Crippen molar-refractivity contribution in [1.82, 2.24) is 14.7 Å². The van der Waals surface area contributed by atoms with Crippen LogP contribution in [0, 0.1) is 0 Å². The molecule has 3 aromatic rings. The van der Waals surface area contributed by atoms with Gasteiger partial charge in [0.15, 0.2) is 11.3 Å². The number of rotatable bonds is 10. The van der Waals surface area contributed by atoms with Gasteiger partial charge in [-0.25, -0.2) is 12.7 Å². The van der Waals surface area contributed by atoms with Crippen molar-refractivity contribution >= 4 is 39.1 Å². The lowest BCUT2D eigenvalue weighted by atomic mass is 9.80. The number of anilines is 1. The number of β-amino-alcohol motifs (C(OH)–C–C–N with tert-alkyl or cyclic N) is 1. The number of aliphatic hydroxyl groups excluding tert-OH is 1. The molecule has 0 spiro atoms. The van der Waals surface area contributed by atoms with E-state index in [0.717, 1.165) is 18.2 Å². The summed E-state index contributed by atoms with van der Waals surface area (Å²) in [6.45, 7) is 0.0974. The summed E-state index contributed by atoms with van der Waals surface area (Å²) in [4.78, 5) is 32.8. The van der Waals surface area contributed by atoms with E-state index in [1.807, 2.05) is 19.0 Å². The molecule has 1 fully saturated rings. The molecule has 2 aliphatic heterocycles. The predicted octanol–water partition coefficient (Wildman–Crippen LogP) is 3.82. The van der Waals surface area contributed by atoms with Gasteiger partial charge in [0, 0.05) is 49.4 Å². The molecule has 0 bridgehead atoms. The van der Waals surface area contributed by atoms with E-state index < -0.39 is 56.5 Å². The van der Waals surface area contributed by atoms with Crippen LogP contribution >= 0.6 is 11.6 Å². The number of carbonyl (C=O) groups is 2. The Morgan fingerprint density at radius 1 is 1.00 bits per heavy atom. The fraction of sp³-hybridized carbons (Fsp3) is 0.394. The largest absolute Gasteiger partial charge is 0.573 e. The van der Waals surface area contributed by atoms with Crippen molar-refractivity contribution in [1.29, 1.82) is 0 Å². The Morgan fingerprint density at radius 2 is 1.70 bits per heavy atom. The molecule has 0 aliphatic carbocycles. The van der Waals surface area contributed by atoms with Crippen molar-refractivity contribution in [2.45, 2.75) is 41.9 Å². The van der Waals surface area contributed by atoms with Gasteiger partial charge in [-0.3, -0.25) is 14.5 Å². The molecule has 1 N–H and O–H groups in total. The summed E-state index contributed by atoms with van der Waals surface area (Å²) in [6, 6.07) is 10.5. The van der Waals surface area contributed by atoms with Gasteiger partial charge in [0.2, 0.25) is 5.91 Å². The Hall–Kier alpha value is -4.09. The first-order valence-electron chi connectivity index (χ1n) is 15.2. The average molecular weight is 741 g/mol. The van der Waals surface area contributed by atoms with Crippen LogP contribution in [0.5, 0.6) is 17.2 Å². The van der Waals surface area contributed by atoms with E-state index in [1.165, 1.54) is 56.3 Å². The molecule has 12 nitrogen and oxygen atoms in total. The first-order valence-corrected chi connectivity index (χ1v) is 17.0. The zero-order valence-corrected chi connectivity index (χ0v) is 29.6. The lowest BCUT2D eigenvalue weighted by Gasteiger charge is -2.42. The quantitative estimate of drug-likeness (QED) is 0.328. The first-order chi connectivity index (χ1) is 23.4. The van der Waals surface area contributed by atoms with Crippen molar-refractivity contribution in [2.75, 3.05) is 53.3 Å². The van der Waals surface area contributed by atoms with Crippen molar-refractivity contribution < 1.29 is 50.5 Å². The topological polar surface area (TPSA) is 129 Å². The second kappa shape index (κ2) is 13.6. The number of alkyl halides is 3. The molecule has 0 radical (unpaired) electrons. The Kier molecular flexibility index (Phi) is 10.1. The van der Waals surface area contributed by atoms with Gasteiger partial charge in [-0.05, 0) is 68.5 Å². The predicted molar refractivity (Wildman–Crippen MR) is 177 cm³/mol. The Morgan fingerprint density at radius 3 is 2.30 bits per heavy atom. The van der Waals surface area contributed by atoms with Gasteiger partial charge >= 0.3 is 6.36 Å². The molecule has 3 atom stereocenters. The summed E-state index contributed by atoms with van der Waals surface area (Å²) in [5, 5.41) is 11.1. The molecule has 0 aromatic heterocycles. The summed E-state index contributed by atoms with van der Waals surface area (Å²) in [5.74, 6) is -2.81. The highest BCUT2D eigenvalue weighted by Crippen LogP contribution is 2.55. The minimum atomic E-state index is -5.31. The van der Waals surface area contributed by atoms with Gasteiger partial charge < -0.3 is 29.1 Å². The van der Waals surface area contributed by atoms with Gasteiger partial charge in [-0.15, -0.1) is 13.2 Å². The Bertz CT molecular complexity index is 1930. The van der Waals surface area contributed by atoms with Crippen LogP contribution in [0.25, 0.3) is 0 Å². The number of ether oxygens (including phenoxy) is 3. The molecular formula is C33H36ClF3N4O8S. The molecule has 17 heteroatoms. The van der Waals surface area contributed by atoms with Crippen molar-refractivity contribution in [3.05, 3.63) is 76.3 Å². The molecule has 2 amide bonds. The number of benzene rings is 3. The van der Waals surface area contributed by atoms with Crippen molar-refractivity contribution in [3.63, 3.8) is 0 Å². The van der Waals surface area contributed by atoms with E-state index >= 15 is 4.79 Å². The zero-order chi connectivity index (χ0) is 36.9. The molecular weight excluding hydrogens is 705 g/mol. The lowest BCUT2D eigenvalue weighted by Crippen LogP contribution is -2.59. The van der Waals surface area contributed by atoms with Crippen molar-refractivity contribution in [2.24, 2.45) is 0 Å². The molecule has 50 heavy (non-hydrogen) atoms. The maximum absolute atomic E-state index is 15.5. The summed E-state index contributed by atoms with van der Waals surface area (Å²) in [6.07, 6.45) is -6.56. The number of halogens is 4. The maximum Gasteiger partial charge on any atom is 0.573 e. The molecule has 1 unspecified atom stereocenters. The van der Waals surface area contributed by atoms with E-state index in [9.17, 15) is 31.5 Å². The lowest BCUT2D eigenvalue weighted by molar-refractivity contribution is -0.275.